The molecular formula is C24H25NO8. The Hall–Kier alpha value is -3.95. The van der Waals surface area contributed by atoms with Crippen LogP contribution in [0, 0.1) is 0 Å². The summed E-state index contributed by atoms with van der Waals surface area (Å²) in [6.07, 6.45) is 4.77. The highest BCUT2D eigenvalue weighted by Gasteiger charge is 2.16. The van der Waals surface area contributed by atoms with Crippen molar-refractivity contribution in [3.05, 3.63) is 64.7 Å². The van der Waals surface area contributed by atoms with Crippen LogP contribution in [-0.2, 0) is 27.4 Å². The zero-order valence-electron chi connectivity index (χ0n) is 17.9. The van der Waals surface area contributed by atoms with Crippen LogP contribution in [0.2, 0.25) is 0 Å². The Morgan fingerprint density at radius 1 is 1.00 bits per heavy atom. The summed E-state index contributed by atoms with van der Waals surface area (Å²) in [6, 6.07) is 6.01. The number of nitrogens with two attached hydrogens (primary N) is 1. The molecule has 0 bridgehead atoms. The van der Waals surface area contributed by atoms with Gasteiger partial charge in [-0.2, -0.15) is 0 Å². The summed E-state index contributed by atoms with van der Waals surface area (Å²) in [5.74, 6) is -2.30. The number of carbonyl (C=O) groups is 3. The first-order chi connectivity index (χ1) is 15.6. The minimum atomic E-state index is -1.21. The topological polar surface area (TPSA) is 167 Å². The van der Waals surface area contributed by atoms with Gasteiger partial charge >= 0.3 is 5.97 Å². The Labute approximate surface area is 190 Å². The highest BCUT2D eigenvalue weighted by molar-refractivity contribution is 6.11. The third-order valence-corrected chi connectivity index (χ3v) is 4.73. The molecule has 0 heterocycles. The smallest absolute Gasteiger partial charge is 0.320 e. The molecule has 174 valence electrons. The van der Waals surface area contributed by atoms with Crippen LogP contribution in [0.15, 0.2) is 42.5 Å². The van der Waals surface area contributed by atoms with E-state index in [0.717, 1.165) is 0 Å². The number of carboxylic acids is 1. The number of ether oxygens (including phenoxy) is 1. The van der Waals surface area contributed by atoms with Crippen molar-refractivity contribution in [3.63, 3.8) is 0 Å². The number of hydrogen-bond donors (Lipinski definition) is 5. The number of ketones is 2. The van der Waals surface area contributed by atoms with Crippen molar-refractivity contribution in [2.45, 2.75) is 25.5 Å². The first-order valence-electron chi connectivity index (χ1n) is 9.87. The van der Waals surface area contributed by atoms with Gasteiger partial charge in [0.15, 0.2) is 23.1 Å². The average Bonchev–Trinajstić information content (AvgIpc) is 2.77. The number of benzene rings is 2. The normalized spacial score (nSPS) is 12.2. The Balaban J connectivity index is 2.12. The summed E-state index contributed by atoms with van der Waals surface area (Å²) in [4.78, 5) is 35.4. The van der Waals surface area contributed by atoms with Crippen LogP contribution in [0.25, 0.3) is 12.2 Å². The lowest BCUT2D eigenvalue weighted by Crippen LogP contribution is -2.32. The molecule has 6 N–H and O–H groups in total. The van der Waals surface area contributed by atoms with Gasteiger partial charge in [0.25, 0.3) is 0 Å². The van der Waals surface area contributed by atoms with Gasteiger partial charge < -0.3 is 30.9 Å². The van der Waals surface area contributed by atoms with Crippen LogP contribution < -0.4 is 10.5 Å². The molecule has 0 spiro atoms. The second kappa shape index (κ2) is 11.6. The molecule has 0 unspecified atom stereocenters. The zero-order chi connectivity index (χ0) is 24.5. The fourth-order valence-electron chi connectivity index (χ4n) is 2.94. The van der Waals surface area contributed by atoms with E-state index in [0.29, 0.717) is 22.3 Å². The molecule has 1 atom stereocenters. The van der Waals surface area contributed by atoms with E-state index in [-0.39, 0.29) is 30.3 Å². The molecule has 2 aromatic carbocycles. The molecule has 9 nitrogen and oxygen atoms in total. The Kier molecular flexibility index (Phi) is 8.90. The summed E-state index contributed by atoms with van der Waals surface area (Å²) < 4.78 is 5.05. The second-order valence-corrected chi connectivity index (χ2v) is 7.19. The van der Waals surface area contributed by atoms with Gasteiger partial charge in [0, 0.05) is 5.56 Å². The van der Waals surface area contributed by atoms with Crippen LogP contribution >= 0.6 is 0 Å². The van der Waals surface area contributed by atoms with Crippen LogP contribution in [0.3, 0.4) is 0 Å². The molecule has 0 amide bonds. The molecule has 9 heteroatoms. The number of carbonyl (C=O) groups excluding carboxylic acids is 2. The van der Waals surface area contributed by atoms with E-state index in [9.17, 15) is 29.7 Å². The summed E-state index contributed by atoms with van der Waals surface area (Å²) in [7, 11) is 1.35. The second-order valence-electron chi connectivity index (χ2n) is 7.19. The van der Waals surface area contributed by atoms with Crippen LogP contribution in [0.4, 0.5) is 0 Å². The maximum atomic E-state index is 12.2. The average molecular weight is 455 g/mol. The maximum Gasteiger partial charge on any atom is 0.320 e. The number of rotatable bonds is 11. The van der Waals surface area contributed by atoms with Gasteiger partial charge in [0.1, 0.15) is 11.8 Å². The monoisotopic (exact) mass is 455 g/mol. The van der Waals surface area contributed by atoms with Crippen molar-refractivity contribution in [2.75, 3.05) is 7.11 Å². The lowest BCUT2D eigenvalue weighted by molar-refractivity contribution is -0.138. The van der Waals surface area contributed by atoms with Crippen molar-refractivity contribution in [1.82, 2.24) is 0 Å². The largest absolute Gasteiger partial charge is 0.508 e. The summed E-state index contributed by atoms with van der Waals surface area (Å²) in [5.41, 5.74) is 7.28. The van der Waals surface area contributed by atoms with Crippen LogP contribution in [0.1, 0.15) is 28.7 Å². The number of aliphatic carboxylic acids is 1. The molecule has 33 heavy (non-hydrogen) atoms. The molecule has 0 aliphatic rings. The van der Waals surface area contributed by atoms with E-state index >= 15 is 0 Å². The Bertz CT molecular complexity index is 1100. The summed E-state index contributed by atoms with van der Waals surface area (Å²) >= 11 is 0. The van der Waals surface area contributed by atoms with E-state index in [1.807, 2.05) is 0 Å². The van der Waals surface area contributed by atoms with Crippen molar-refractivity contribution in [3.8, 4) is 17.2 Å². The number of aliphatic hydroxyl groups excluding tert-OH is 1. The molecule has 0 fully saturated rings. The fraction of sp³-hybridized carbons (Fsp3) is 0.208. The number of methoxy groups -OCH3 is 1. The van der Waals surface area contributed by atoms with Gasteiger partial charge in [-0.1, -0.05) is 18.2 Å². The third-order valence-electron chi connectivity index (χ3n) is 4.73. The third kappa shape index (κ3) is 7.30. The summed E-state index contributed by atoms with van der Waals surface area (Å²) in [6.45, 7) is -0.355. The van der Waals surface area contributed by atoms with Crippen molar-refractivity contribution in [2.24, 2.45) is 5.73 Å². The quantitative estimate of drug-likeness (QED) is 0.251. The number of aromatic hydroxyl groups is 2. The van der Waals surface area contributed by atoms with Crippen LogP contribution in [0.5, 0.6) is 17.2 Å². The number of phenolic OH excluding ortho intramolecular Hbond substituents is 1. The molecule has 2 rings (SSSR count). The predicted octanol–water partition coefficient (Wildman–Crippen LogP) is 1.81. The standard InChI is InChI=1S/C24H25NO8/c1-33-23-11-15(16(10-22(23)30)9-20(25)24(31)32)4-6-19(28)12-18(27)5-2-14-3-7-21(29)17(8-14)13-26/h2-8,10-11,20,26,29-30H,9,12-13,25H2,1H3,(H,31,32)/t20-/m0/s1. The lowest BCUT2D eigenvalue weighted by atomic mass is 9.98. The van der Waals surface area contributed by atoms with Gasteiger partial charge in [-0.25, -0.2) is 0 Å². The zero-order valence-corrected chi connectivity index (χ0v) is 17.9. The van der Waals surface area contributed by atoms with Gasteiger partial charge in [0.2, 0.25) is 0 Å². The Morgan fingerprint density at radius 3 is 2.27 bits per heavy atom. The van der Waals surface area contributed by atoms with E-state index in [1.165, 1.54) is 55.7 Å². The molecule has 0 aliphatic heterocycles. The van der Waals surface area contributed by atoms with E-state index in [4.69, 9.17) is 15.6 Å². The van der Waals surface area contributed by atoms with E-state index < -0.39 is 30.0 Å². The van der Waals surface area contributed by atoms with Crippen LogP contribution in [-0.4, -0.2) is 51.1 Å². The summed E-state index contributed by atoms with van der Waals surface area (Å²) in [5, 5.41) is 37.8. The van der Waals surface area contributed by atoms with Gasteiger partial charge in [-0.05, 0) is 59.5 Å². The molecule has 0 aromatic heterocycles. The lowest BCUT2D eigenvalue weighted by Gasteiger charge is -2.13. The number of hydrogen-bond acceptors (Lipinski definition) is 8. The molecule has 2 aromatic rings. The number of allylic oxidation sites excluding steroid dienone is 2. The fourth-order valence-corrected chi connectivity index (χ4v) is 2.94. The molecule has 0 radical (unpaired) electrons. The molecular weight excluding hydrogens is 430 g/mol. The van der Waals surface area contributed by atoms with Gasteiger partial charge in [-0.3, -0.25) is 14.4 Å². The Morgan fingerprint density at radius 2 is 1.67 bits per heavy atom. The van der Waals surface area contributed by atoms with Crippen molar-refractivity contribution < 1.29 is 39.5 Å². The van der Waals surface area contributed by atoms with Gasteiger partial charge in [-0.15, -0.1) is 0 Å². The first-order valence-corrected chi connectivity index (χ1v) is 9.87. The minimum Gasteiger partial charge on any atom is -0.508 e. The predicted molar refractivity (Wildman–Crippen MR) is 121 cm³/mol. The van der Waals surface area contributed by atoms with E-state index in [2.05, 4.69) is 0 Å². The highest BCUT2D eigenvalue weighted by atomic mass is 16.5. The molecule has 0 saturated carbocycles. The SMILES string of the molecule is COc1cc(C=CC(=O)CC(=O)C=Cc2ccc(O)c(CO)c2)c(C[C@H](N)C(=O)O)cc1O. The molecule has 0 saturated heterocycles. The molecule has 0 aliphatic carbocycles. The van der Waals surface area contributed by atoms with Crippen molar-refractivity contribution >= 4 is 29.7 Å². The number of phenols is 2. The highest BCUT2D eigenvalue weighted by Crippen LogP contribution is 2.31. The number of carboxylic acid groups (broad SMARTS) is 1. The number of aliphatic hydroxyl groups is 1. The first kappa shape index (κ1) is 25.3. The van der Waals surface area contributed by atoms with Gasteiger partial charge in [0.05, 0.1) is 20.1 Å². The maximum absolute atomic E-state index is 12.2. The van der Waals surface area contributed by atoms with Crippen molar-refractivity contribution in [1.29, 1.82) is 0 Å². The minimum absolute atomic E-state index is 0.0594. The van der Waals surface area contributed by atoms with E-state index in [1.54, 1.807) is 6.07 Å².